The summed E-state index contributed by atoms with van der Waals surface area (Å²) in [7, 11) is 0. The highest BCUT2D eigenvalue weighted by Crippen LogP contribution is 2.28. The van der Waals surface area contributed by atoms with Gasteiger partial charge in [0, 0.05) is 17.3 Å². The van der Waals surface area contributed by atoms with Crippen molar-refractivity contribution in [2.75, 3.05) is 11.4 Å². The topological polar surface area (TPSA) is 77.8 Å². The van der Waals surface area contributed by atoms with Gasteiger partial charge >= 0.3 is 11.9 Å². The zero-order valence-corrected chi connectivity index (χ0v) is 11.5. The van der Waals surface area contributed by atoms with Crippen LogP contribution in [0.5, 0.6) is 0 Å². The number of hydrogen-bond donors (Lipinski definition) is 2. The third-order valence-corrected chi connectivity index (χ3v) is 3.35. The molecule has 104 valence electrons. The molecule has 0 spiro atoms. The van der Waals surface area contributed by atoms with Gasteiger partial charge in [-0.3, -0.25) is 4.79 Å². The highest BCUT2D eigenvalue weighted by Gasteiger charge is 2.23. The van der Waals surface area contributed by atoms with Crippen LogP contribution in [0.4, 0.5) is 5.69 Å². The minimum Gasteiger partial charge on any atom is -0.481 e. The zero-order chi connectivity index (χ0) is 14.6. The Morgan fingerprint density at radius 2 is 2.00 bits per heavy atom. The SMILES string of the molecule is Cc1c(Cl)cccc1N(CCC(=O)O)C(C)C(=O)O. The number of hydrogen-bond acceptors (Lipinski definition) is 3. The maximum atomic E-state index is 11.1. The molecule has 6 heteroatoms. The third-order valence-electron chi connectivity index (χ3n) is 2.94. The average molecular weight is 286 g/mol. The molecule has 1 atom stereocenters. The molecule has 19 heavy (non-hydrogen) atoms. The van der Waals surface area contributed by atoms with E-state index < -0.39 is 18.0 Å². The molecule has 0 aliphatic heterocycles. The first kappa shape index (κ1) is 15.3. The van der Waals surface area contributed by atoms with E-state index in [2.05, 4.69) is 0 Å². The first-order valence-corrected chi connectivity index (χ1v) is 6.18. The smallest absolute Gasteiger partial charge is 0.326 e. The third kappa shape index (κ3) is 3.86. The highest BCUT2D eigenvalue weighted by molar-refractivity contribution is 6.31. The van der Waals surface area contributed by atoms with Gasteiger partial charge in [0.15, 0.2) is 0 Å². The van der Waals surface area contributed by atoms with E-state index in [4.69, 9.17) is 21.8 Å². The summed E-state index contributed by atoms with van der Waals surface area (Å²) in [6.07, 6.45) is -0.135. The number of rotatable bonds is 6. The number of halogens is 1. The number of carboxylic acids is 2. The van der Waals surface area contributed by atoms with Gasteiger partial charge in [0.2, 0.25) is 0 Å². The molecular weight excluding hydrogens is 270 g/mol. The van der Waals surface area contributed by atoms with Gasteiger partial charge in [-0.05, 0) is 31.5 Å². The first-order valence-electron chi connectivity index (χ1n) is 5.81. The molecule has 0 aliphatic carbocycles. The Balaban J connectivity index is 3.11. The van der Waals surface area contributed by atoms with Gasteiger partial charge < -0.3 is 15.1 Å². The molecule has 0 heterocycles. The molecule has 0 aromatic heterocycles. The van der Waals surface area contributed by atoms with E-state index in [0.717, 1.165) is 5.56 Å². The minimum atomic E-state index is -1.01. The van der Waals surface area contributed by atoms with Crippen molar-refractivity contribution < 1.29 is 19.8 Å². The Labute approximate surface area is 116 Å². The number of carbonyl (C=O) groups is 2. The fraction of sp³-hybridized carbons (Fsp3) is 0.385. The molecule has 0 bridgehead atoms. The summed E-state index contributed by atoms with van der Waals surface area (Å²) in [5.41, 5.74) is 1.38. The quantitative estimate of drug-likeness (QED) is 0.839. The molecule has 0 amide bonds. The van der Waals surface area contributed by atoms with Crippen LogP contribution in [-0.2, 0) is 9.59 Å². The lowest BCUT2D eigenvalue weighted by molar-refractivity contribution is -0.139. The summed E-state index contributed by atoms with van der Waals surface area (Å²) in [6.45, 7) is 3.41. The molecule has 1 aromatic carbocycles. The van der Waals surface area contributed by atoms with Gasteiger partial charge in [-0.2, -0.15) is 0 Å². The molecule has 1 unspecified atom stereocenters. The van der Waals surface area contributed by atoms with Crippen LogP contribution in [0.15, 0.2) is 18.2 Å². The van der Waals surface area contributed by atoms with Crippen LogP contribution in [0.2, 0.25) is 5.02 Å². The zero-order valence-electron chi connectivity index (χ0n) is 10.8. The number of aliphatic carboxylic acids is 2. The average Bonchev–Trinajstić information content (AvgIpc) is 2.33. The summed E-state index contributed by atoms with van der Waals surface area (Å²) in [5.74, 6) is -1.98. The molecule has 5 nitrogen and oxygen atoms in total. The van der Waals surface area contributed by atoms with Crippen molar-refractivity contribution in [3.8, 4) is 0 Å². The fourth-order valence-corrected chi connectivity index (χ4v) is 1.95. The second kappa shape index (κ2) is 6.43. The Bertz CT molecular complexity index is 490. The number of benzene rings is 1. The van der Waals surface area contributed by atoms with Gasteiger partial charge in [0.25, 0.3) is 0 Å². The molecule has 2 N–H and O–H groups in total. The van der Waals surface area contributed by atoms with Crippen LogP contribution in [0.1, 0.15) is 18.9 Å². The Kier molecular flexibility index (Phi) is 5.18. The van der Waals surface area contributed by atoms with Gasteiger partial charge in [-0.1, -0.05) is 17.7 Å². The summed E-state index contributed by atoms with van der Waals surface area (Å²) in [4.78, 5) is 23.4. The van der Waals surface area contributed by atoms with E-state index in [1.807, 2.05) is 0 Å². The van der Waals surface area contributed by atoms with E-state index in [0.29, 0.717) is 10.7 Å². The predicted octanol–water partition coefficient (Wildman–Crippen LogP) is 2.40. The maximum Gasteiger partial charge on any atom is 0.326 e. The minimum absolute atomic E-state index is 0.115. The van der Waals surface area contributed by atoms with Crippen LogP contribution < -0.4 is 4.90 Å². The van der Waals surface area contributed by atoms with Gasteiger partial charge in [0.1, 0.15) is 6.04 Å². The van der Waals surface area contributed by atoms with Gasteiger partial charge in [-0.25, -0.2) is 4.79 Å². The lowest BCUT2D eigenvalue weighted by Gasteiger charge is -2.29. The van der Waals surface area contributed by atoms with Gasteiger partial charge in [0.05, 0.1) is 6.42 Å². The van der Waals surface area contributed by atoms with Crippen LogP contribution in [0, 0.1) is 6.92 Å². The van der Waals surface area contributed by atoms with Crippen molar-refractivity contribution in [1.29, 1.82) is 0 Å². The Morgan fingerprint density at radius 3 is 2.53 bits per heavy atom. The van der Waals surface area contributed by atoms with Crippen LogP contribution in [-0.4, -0.2) is 34.7 Å². The van der Waals surface area contributed by atoms with E-state index in [-0.39, 0.29) is 13.0 Å². The van der Waals surface area contributed by atoms with E-state index in [1.165, 1.54) is 11.8 Å². The van der Waals surface area contributed by atoms with Crippen molar-refractivity contribution in [3.63, 3.8) is 0 Å². The Morgan fingerprint density at radius 1 is 1.37 bits per heavy atom. The lowest BCUT2D eigenvalue weighted by atomic mass is 10.1. The summed E-state index contributed by atoms with van der Waals surface area (Å²) in [6, 6.07) is 4.34. The molecule has 0 fully saturated rings. The van der Waals surface area contributed by atoms with Crippen molar-refractivity contribution in [2.24, 2.45) is 0 Å². The van der Waals surface area contributed by atoms with E-state index in [1.54, 1.807) is 25.1 Å². The number of anilines is 1. The van der Waals surface area contributed by atoms with Crippen molar-refractivity contribution in [3.05, 3.63) is 28.8 Å². The summed E-state index contributed by atoms with van der Waals surface area (Å²) in [5, 5.41) is 18.4. The lowest BCUT2D eigenvalue weighted by Crippen LogP contribution is -2.40. The molecule has 1 aromatic rings. The largest absolute Gasteiger partial charge is 0.481 e. The highest BCUT2D eigenvalue weighted by atomic mass is 35.5. The predicted molar refractivity (Wildman–Crippen MR) is 72.9 cm³/mol. The molecule has 0 saturated heterocycles. The van der Waals surface area contributed by atoms with Crippen LogP contribution in [0.25, 0.3) is 0 Å². The molecule has 1 rings (SSSR count). The molecule has 0 saturated carbocycles. The summed E-state index contributed by atoms with van der Waals surface area (Å²) >= 11 is 6.01. The van der Waals surface area contributed by atoms with Crippen molar-refractivity contribution in [1.82, 2.24) is 0 Å². The molecule has 0 aliphatic rings. The second-order valence-corrected chi connectivity index (χ2v) is 4.64. The normalized spacial score (nSPS) is 11.9. The Hall–Kier alpha value is -1.75. The molecule has 0 radical (unpaired) electrons. The van der Waals surface area contributed by atoms with Crippen LogP contribution >= 0.6 is 11.6 Å². The number of carboxylic acid groups (broad SMARTS) is 2. The molecular formula is C13H16ClNO4. The van der Waals surface area contributed by atoms with Crippen molar-refractivity contribution >= 4 is 29.2 Å². The van der Waals surface area contributed by atoms with E-state index in [9.17, 15) is 9.59 Å². The monoisotopic (exact) mass is 285 g/mol. The fourth-order valence-electron chi connectivity index (χ4n) is 1.78. The van der Waals surface area contributed by atoms with Crippen molar-refractivity contribution in [2.45, 2.75) is 26.3 Å². The second-order valence-electron chi connectivity index (χ2n) is 4.24. The van der Waals surface area contributed by atoms with E-state index >= 15 is 0 Å². The maximum absolute atomic E-state index is 11.1. The standard InChI is InChI=1S/C13H16ClNO4/c1-8-10(14)4-3-5-11(8)15(7-6-12(16)17)9(2)13(18)19/h3-5,9H,6-7H2,1-2H3,(H,16,17)(H,18,19). The van der Waals surface area contributed by atoms with Crippen LogP contribution in [0.3, 0.4) is 0 Å². The number of nitrogens with zero attached hydrogens (tertiary/aromatic N) is 1. The first-order chi connectivity index (χ1) is 8.84. The summed E-state index contributed by atoms with van der Waals surface area (Å²) < 4.78 is 0. The van der Waals surface area contributed by atoms with Gasteiger partial charge in [-0.15, -0.1) is 0 Å².